The molecule has 100 valence electrons. The molecule has 0 radical (unpaired) electrons. The van der Waals surface area contributed by atoms with E-state index in [-0.39, 0.29) is 11.8 Å². The van der Waals surface area contributed by atoms with Crippen molar-refractivity contribution in [3.8, 4) is 0 Å². The number of ether oxygens (including phenoxy) is 1. The van der Waals surface area contributed by atoms with E-state index in [1.807, 2.05) is 37.1 Å². The summed E-state index contributed by atoms with van der Waals surface area (Å²) in [6.07, 6.45) is 0. The molecule has 1 unspecified atom stereocenters. The standard InChI is InChI=1S/C15H23NO2/c1-11-6-7-14(8-12(11)2)15(17)9-16(4)13(3)10-18-5/h6-8,13H,9-10H2,1-5H3. The molecule has 1 aromatic carbocycles. The van der Waals surface area contributed by atoms with Gasteiger partial charge >= 0.3 is 0 Å². The average molecular weight is 249 g/mol. The van der Waals surface area contributed by atoms with Gasteiger partial charge in [0.2, 0.25) is 0 Å². The van der Waals surface area contributed by atoms with E-state index >= 15 is 0 Å². The molecule has 0 aliphatic rings. The Labute approximate surface area is 110 Å². The van der Waals surface area contributed by atoms with E-state index in [0.717, 1.165) is 11.1 Å². The van der Waals surface area contributed by atoms with Crippen molar-refractivity contribution in [3.05, 3.63) is 34.9 Å². The summed E-state index contributed by atoms with van der Waals surface area (Å²) in [5, 5.41) is 0. The molecule has 1 rings (SSSR count). The van der Waals surface area contributed by atoms with Gasteiger partial charge in [0.15, 0.2) is 5.78 Å². The molecule has 3 heteroatoms. The van der Waals surface area contributed by atoms with Crippen LogP contribution in [0.25, 0.3) is 0 Å². The Morgan fingerprint density at radius 3 is 2.56 bits per heavy atom. The highest BCUT2D eigenvalue weighted by molar-refractivity contribution is 5.97. The van der Waals surface area contributed by atoms with Gasteiger partial charge in [-0.3, -0.25) is 9.69 Å². The maximum absolute atomic E-state index is 12.1. The lowest BCUT2D eigenvalue weighted by Gasteiger charge is -2.23. The molecular weight excluding hydrogens is 226 g/mol. The van der Waals surface area contributed by atoms with Crippen molar-refractivity contribution >= 4 is 5.78 Å². The van der Waals surface area contributed by atoms with Crippen molar-refractivity contribution in [2.45, 2.75) is 26.8 Å². The van der Waals surface area contributed by atoms with Gasteiger partial charge in [-0.2, -0.15) is 0 Å². The highest BCUT2D eigenvalue weighted by Gasteiger charge is 2.14. The number of aryl methyl sites for hydroxylation is 2. The van der Waals surface area contributed by atoms with Crippen LogP contribution in [0.1, 0.15) is 28.4 Å². The molecule has 1 aromatic rings. The largest absolute Gasteiger partial charge is 0.383 e. The fourth-order valence-electron chi connectivity index (χ4n) is 1.76. The van der Waals surface area contributed by atoms with Crippen LogP contribution < -0.4 is 0 Å². The zero-order chi connectivity index (χ0) is 13.7. The summed E-state index contributed by atoms with van der Waals surface area (Å²) in [4.78, 5) is 14.2. The number of rotatable bonds is 6. The molecule has 0 amide bonds. The Bertz CT molecular complexity index is 415. The minimum atomic E-state index is 0.156. The first-order valence-corrected chi connectivity index (χ1v) is 6.25. The number of carbonyl (C=O) groups excluding carboxylic acids is 1. The lowest BCUT2D eigenvalue weighted by atomic mass is 10.0. The number of benzene rings is 1. The molecule has 0 fully saturated rings. The molecular formula is C15H23NO2. The third-order valence-corrected chi connectivity index (χ3v) is 3.38. The fraction of sp³-hybridized carbons (Fsp3) is 0.533. The second kappa shape index (κ2) is 6.66. The Morgan fingerprint density at radius 2 is 2.00 bits per heavy atom. The van der Waals surface area contributed by atoms with Crippen LogP contribution in [0.2, 0.25) is 0 Å². The number of likely N-dealkylation sites (N-methyl/N-ethyl adjacent to an activating group) is 1. The molecule has 0 aliphatic heterocycles. The van der Waals surface area contributed by atoms with Gasteiger partial charge in [0.1, 0.15) is 0 Å². The molecule has 1 atom stereocenters. The van der Waals surface area contributed by atoms with Gasteiger partial charge in [0.25, 0.3) is 0 Å². The number of hydrogen-bond acceptors (Lipinski definition) is 3. The molecule has 0 saturated heterocycles. The second-order valence-electron chi connectivity index (χ2n) is 4.94. The van der Waals surface area contributed by atoms with Gasteiger partial charge in [-0.25, -0.2) is 0 Å². The highest BCUT2D eigenvalue weighted by atomic mass is 16.5. The summed E-state index contributed by atoms with van der Waals surface area (Å²) in [5.41, 5.74) is 3.16. The van der Waals surface area contributed by atoms with Gasteiger partial charge in [0.05, 0.1) is 13.2 Å². The number of ketones is 1. The van der Waals surface area contributed by atoms with Crippen LogP contribution in [-0.2, 0) is 4.74 Å². The molecule has 0 spiro atoms. The van der Waals surface area contributed by atoms with Gasteiger partial charge < -0.3 is 4.74 Å². The lowest BCUT2D eigenvalue weighted by molar-refractivity contribution is 0.0841. The van der Waals surface area contributed by atoms with Crippen molar-refractivity contribution < 1.29 is 9.53 Å². The molecule has 0 heterocycles. The molecule has 0 bridgehead atoms. The smallest absolute Gasteiger partial charge is 0.176 e. The molecule has 18 heavy (non-hydrogen) atoms. The quantitative estimate of drug-likeness (QED) is 0.725. The molecule has 0 aromatic heterocycles. The summed E-state index contributed by atoms with van der Waals surface area (Å²) in [6, 6.07) is 6.11. The van der Waals surface area contributed by atoms with E-state index in [1.54, 1.807) is 7.11 Å². The summed E-state index contributed by atoms with van der Waals surface area (Å²) >= 11 is 0. The Balaban J connectivity index is 2.67. The summed E-state index contributed by atoms with van der Waals surface area (Å²) in [5.74, 6) is 0.156. The van der Waals surface area contributed by atoms with Crippen molar-refractivity contribution in [1.29, 1.82) is 0 Å². The van der Waals surface area contributed by atoms with E-state index in [9.17, 15) is 4.79 Å². The first-order chi connectivity index (χ1) is 8.45. The first kappa shape index (κ1) is 14.9. The molecule has 3 nitrogen and oxygen atoms in total. The lowest BCUT2D eigenvalue weighted by Crippen LogP contribution is -2.36. The number of hydrogen-bond donors (Lipinski definition) is 0. The molecule has 0 aliphatic carbocycles. The zero-order valence-electron chi connectivity index (χ0n) is 12.0. The SMILES string of the molecule is COCC(C)N(C)CC(=O)c1ccc(C)c(C)c1. The number of carbonyl (C=O) groups is 1. The van der Waals surface area contributed by atoms with Crippen LogP contribution in [-0.4, -0.2) is 44.0 Å². The topological polar surface area (TPSA) is 29.5 Å². The van der Waals surface area contributed by atoms with Crippen molar-refractivity contribution in [3.63, 3.8) is 0 Å². The van der Waals surface area contributed by atoms with Gasteiger partial charge in [0, 0.05) is 18.7 Å². The maximum atomic E-state index is 12.1. The summed E-state index contributed by atoms with van der Waals surface area (Å²) in [7, 11) is 3.62. The van der Waals surface area contributed by atoms with Crippen molar-refractivity contribution in [2.24, 2.45) is 0 Å². The molecule has 0 saturated carbocycles. The first-order valence-electron chi connectivity index (χ1n) is 6.25. The van der Waals surface area contributed by atoms with Gasteiger partial charge in [-0.1, -0.05) is 12.1 Å². The third kappa shape index (κ3) is 3.93. The summed E-state index contributed by atoms with van der Waals surface area (Å²) < 4.78 is 5.09. The maximum Gasteiger partial charge on any atom is 0.176 e. The van der Waals surface area contributed by atoms with Crippen LogP contribution in [0.15, 0.2) is 18.2 Å². The van der Waals surface area contributed by atoms with Crippen LogP contribution >= 0.6 is 0 Å². The fourth-order valence-corrected chi connectivity index (χ4v) is 1.76. The number of Topliss-reactive ketones (excluding diaryl/α,β-unsaturated/α-hetero) is 1. The predicted octanol–water partition coefficient (Wildman–Crippen LogP) is 2.45. The number of nitrogens with zero attached hydrogens (tertiary/aromatic N) is 1. The molecule has 0 N–H and O–H groups in total. The van der Waals surface area contributed by atoms with E-state index in [1.165, 1.54) is 5.56 Å². The van der Waals surface area contributed by atoms with E-state index in [2.05, 4.69) is 13.8 Å². The van der Waals surface area contributed by atoms with E-state index < -0.39 is 0 Å². The van der Waals surface area contributed by atoms with Crippen LogP contribution in [0, 0.1) is 13.8 Å². The summed E-state index contributed by atoms with van der Waals surface area (Å²) in [6.45, 7) is 7.20. The van der Waals surface area contributed by atoms with E-state index in [4.69, 9.17) is 4.74 Å². The minimum absolute atomic E-state index is 0.156. The average Bonchev–Trinajstić information content (AvgIpc) is 2.32. The Kier molecular flexibility index (Phi) is 5.51. The van der Waals surface area contributed by atoms with Crippen LogP contribution in [0.4, 0.5) is 0 Å². The minimum Gasteiger partial charge on any atom is -0.383 e. The van der Waals surface area contributed by atoms with Crippen LogP contribution in [0.3, 0.4) is 0 Å². The highest BCUT2D eigenvalue weighted by Crippen LogP contribution is 2.11. The van der Waals surface area contributed by atoms with Gasteiger partial charge in [-0.05, 0) is 45.0 Å². The van der Waals surface area contributed by atoms with E-state index in [0.29, 0.717) is 13.2 Å². The zero-order valence-corrected chi connectivity index (χ0v) is 12.0. The third-order valence-electron chi connectivity index (χ3n) is 3.38. The van der Waals surface area contributed by atoms with Crippen LogP contribution in [0.5, 0.6) is 0 Å². The Morgan fingerprint density at radius 1 is 1.33 bits per heavy atom. The normalized spacial score (nSPS) is 12.8. The monoisotopic (exact) mass is 249 g/mol. The second-order valence-corrected chi connectivity index (χ2v) is 4.94. The number of methoxy groups -OCH3 is 1. The Hall–Kier alpha value is -1.19. The van der Waals surface area contributed by atoms with Crippen molar-refractivity contribution in [2.75, 3.05) is 27.3 Å². The van der Waals surface area contributed by atoms with Gasteiger partial charge in [-0.15, -0.1) is 0 Å². The predicted molar refractivity (Wildman–Crippen MR) is 74.2 cm³/mol. The van der Waals surface area contributed by atoms with Crippen molar-refractivity contribution in [1.82, 2.24) is 4.90 Å².